The van der Waals surface area contributed by atoms with Crippen molar-refractivity contribution in [1.82, 2.24) is 0 Å². The van der Waals surface area contributed by atoms with Gasteiger partial charge in [0.05, 0.1) is 15.5 Å². The second-order valence-corrected chi connectivity index (χ2v) is 7.40. The van der Waals surface area contributed by atoms with Crippen molar-refractivity contribution in [3.63, 3.8) is 0 Å². The van der Waals surface area contributed by atoms with Crippen molar-refractivity contribution < 1.29 is 17.9 Å². The van der Waals surface area contributed by atoms with Crippen LogP contribution in [0.25, 0.3) is 0 Å². The Kier molecular flexibility index (Phi) is 4.53. The first-order chi connectivity index (χ1) is 8.47. The molecule has 0 saturated carbocycles. The van der Waals surface area contributed by atoms with Gasteiger partial charge in [-0.05, 0) is 47.0 Å². The average molecular weight is 356 g/mol. The minimum atomic E-state index is -3.71. The molecule has 1 fully saturated rings. The molecular formula is C11H12BrClO4S. The summed E-state index contributed by atoms with van der Waals surface area (Å²) in [6.45, 7) is 1.24. The topological polar surface area (TPSA) is 52.6 Å². The fraction of sp³-hybridized carbons (Fsp3) is 0.455. The van der Waals surface area contributed by atoms with Crippen molar-refractivity contribution in [3.8, 4) is 5.75 Å². The highest BCUT2D eigenvalue weighted by Gasteiger charge is 2.17. The molecule has 100 valence electrons. The van der Waals surface area contributed by atoms with Crippen LogP contribution in [0, 0.1) is 0 Å². The van der Waals surface area contributed by atoms with Crippen LogP contribution in [0.4, 0.5) is 0 Å². The highest BCUT2D eigenvalue weighted by molar-refractivity contribution is 9.10. The molecule has 18 heavy (non-hydrogen) atoms. The molecule has 7 heteroatoms. The SMILES string of the molecule is O=S(=O)(Cl)c1ccc(OCC2CCCO2)c(Br)c1. The molecule has 2 rings (SSSR count). The maximum absolute atomic E-state index is 11.1. The van der Waals surface area contributed by atoms with E-state index < -0.39 is 9.05 Å². The predicted molar refractivity (Wildman–Crippen MR) is 71.6 cm³/mol. The monoisotopic (exact) mass is 354 g/mol. The van der Waals surface area contributed by atoms with Gasteiger partial charge in [0.15, 0.2) is 0 Å². The third-order valence-corrected chi connectivity index (χ3v) is 4.60. The third kappa shape index (κ3) is 3.60. The molecular weight excluding hydrogens is 344 g/mol. The van der Waals surface area contributed by atoms with E-state index in [2.05, 4.69) is 15.9 Å². The summed E-state index contributed by atoms with van der Waals surface area (Å²) >= 11 is 3.26. The molecule has 0 aliphatic carbocycles. The van der Waals surface area contributed by atoms with Gasteiger partial charge in [0.25, 0.3) is 9.05 Å². The molecule has 0 spiro atoms. The van der Waals surface area contributed by atoms with Crippen LogP contribution in [-0.4, -0.2) is 27.7 Å². The average Bonchev–Trinajstić information content (AvgIpc) is 2.79. The Morgan fingerprint density at radius 1 is 1.50 bits per heavy atom. The normalized spacial score (nSPS) is 20.0. The summed E-state index contributed by atoms with van der Waals surface area (Å²) in [5.41, 5.74) is 0. The number of rotatable bonds is 4. The Morgan fingerprint density at radius 2 is 2.28 bits per heavy atom. The Labute approximate surface area is 119 Å². The lowest BCUT2D eigenvalue weighted by Gasteiger charge is -2.12. The van der Waals surface area contributed by atoms with Gasteiger partial charge in [-0.15, -0.1) is 0 Å². The van der Waals surface area contributed by atoms with Crippen molar-refractivity contribution in [2.24, 2.45) is 0 Å². The van der Waals surface area contributed by atoms with E-state index in [0.717, 1.165) is 19.4 Å². The van der Waals surface area contributed by atoms with E-state index in [9.17, 15) is 8.42 Å². The van der Waals surface area contributed by atoms with Crippen LogP contribution in [0.3, 0.4) is 0 Å². The van der Waals surface area contributed by atoms with Crippen LogP contribution in [0.1, 0.15) is 12.8 Å². The maximum Gasteiger partial charge on any atom is 0.261 e. The van der Waals surface area contributed by atoms with Crippen molar-refractivity contribution in [2.75, 3.05) is 13.2 Å². The van der Waals surface area contributed by atoms with Gasteiger partial charge in [-0.1, -0.05) is 0 Å². The quantitative estimate of drug-likeness (QED) is 0.779. The fourth-order valence-corrected chi connectivity index (χ4v) is 3.13. The minimum absolute atomic E-state index is 0.0421. The largest absolute Gasteiger partial charge is 0.490 e. The van der Waals surface area contributed by atoms with Gasteiger partial charge in [0.2, 0.25) is 0 Å². The number of hydrogen-bond acceptors (Lipinski definition) is 4. The van der Waals surface area contributed by atoms with E-state index in [-0.39, 0.29) is 11.0 Å². The summed E-state index contributed by atoms with van der Waals surface area (Å²) in [4.78, 5) is 0.0421. The van der Waals surface area contributed by atoms with Gasteiger partial charge < -0.3 is 9.47 Å². The molecule has 0 bridgehead atoms. The maximum atomic E-state index is 11.1. The Hall–Kier alpha value is -0.300. The first-order valence-corrected chi connectivity index (χ1v) is 8.55. The highest BCUT2D eigenvalue weighted by Crippen LogP contribution is 2.29. The first kappa shape index (κ1) is 14.1. The second kappa shape index (κ2) is 5.77. The summed E-state index contributed by atoms with van der Waals surface area (Å²) in [5.74, 6) is 0.578. The molecule has 0 aromatic heterocycles. The fourth-order valence-electron chi connectivity index (χ4n) is 1.71. The van der Waals surface area contributed by atoms with Gasteiger partial charge in [-0.3, -0.25) is 0 Å². The molecule has 0 radical (unpaired) electrons. The molecule has 1 unspecified atom stereocenters. The molecule has 1 atom stereocenters. The summed E-state index contributed by atoms with van der Waals surface area (Å²) < 4.78 is 33.9. The molecule has 4 nitrogen and oxygen atoms in total. The summed E-state index contributed by atoms with van der Waals surface area (Å²) in [5, 5.41) is 0. The number of ether oxygens (including phenoxy) is 2. The Balaban J connectivity index is 2.05. The summed E-state index contributed by atoms with van der Waals surface area (Å²) in [6.07, 6.45) is 2.16. The molecule has 1 aromatic rings. The highest BCUT2D eigenvalue weighted by atomic mass is 79.9. The van der Waals surface area contributed by atoms with Crippen LogP contribution >= 0.6 is 26.6 Å². The van der Waals surface area contributed by atoms with E-state index in [0.29, 0.717) is 16.8 Å². The predicted octanol–water partition coefficient (Wildman–Crippen LogP) is 2.93. The van der Waals surface area contributed by atoms with Gasteiger partial charge >= 0.3 is 0 Å². The zero-order valence-corrected chi connectivity index (χ0v) is 12.6. The van der Waals surface area contributed by atoms with Crippen LogP contribution < -0.4 is 4.74 Å². The van der Waals surface area contributed by atoms with Crippen LogP contribution in [-0.2, 0) is 13.8 Å². The van der Waals surface area contributed by atoms with Gasteiger partial charge in [-0.2, -0.15) is 0 Å². The lowest BCUT2D eigenvalue weighted by Crippen LogP contribution is -2.16. The molecule has 1 aromatic carbocycles. The second-order valence-electron chi connectivity index (χ2n) is 3.98. The van der Waals surface area contributed by atoms with Crippen molar-refractivity contribution in [1.29, 1.82) is 0 Å². The number of benzene rings is 1. The van der Waals surface area contributed by atoms with Gasteiger partial charge in [0, 0.05) is 17.3 Å². The van der Waals surface area contributed by atoms with E-state index >= 15 is 0 Å². The zero-order valence-electron chi connectivity index (χ0n) is 9.43. The first-order valence-electron chi connectivity index (χ1n) is 5.45. The Bertz CT molecular complexity index is 526. The van der Waals surface area contributed by atoms with Crippen molar-refractivity contribution in [2.45, 2.75) is 23.8 Å². The molecule has 0 amide bonds. The van der Waals surface area contributed by atoms with Gasteiger partial charge in [-0.25, -0.2) is 8.42 Å². The third-order valence-electron chi connectivity index (χ3n) is 2.63. The van der Waals surface area contributed by atoms with Gasteiger partial charge in [0.1, 0.15) is 12.4 Å². The van der Waals surface area contributed by atoms with Crippen molar-refractivity contribution >= 4 is 35.7 Å². The lowest BCUT2D eigenvalue weighted by molar-refractivity contribution is 0.0677. The van der Waals surface area contributed by atoms with Crippen LogP contribution in [0.5, 0.6) is 5.75 Å². The lowest BCUT2D eigenvalue weighted by atomic mass is 10.2. The van der Waals surface area contributed by atoms with Crippen molar-refractivity contribution in [3.05, 3.63) is 22.7 Å². The minimum Gasteiger partial charge on any atom is -0.490 e. The number of hydrogen-bond donors (Lipinski definition) is 0. The molecule has 1 saturated heterocycles. The Morgan fingerprint density at radius 3 is 2.83 bits per heavy atom. The van der Waals surface area contributed by atoms with Crippen LogP contribution in [0.2, 0.25) is 0 Å². The van der Waals surface area contributed by atoms with Crippen LogP contribution in [0.15, 0.2) is 27.6 Å². The van der Waals surface area contributed by atoms with E-state index in [1.54, 1.807) is 6.07 Å². The van der Waals surface area contributed by atoms with E-state index in [4.69, 9.17) is 20.2 Å². The van der Waals surface area contributed by atoms with E-state index in [1.165, 1.54) is 12.1 Å². The molecule has 1 heterocycles. The summed E-state index contributed by atoms with van der Waals surface area (Å²) in [7, 11) is 1.54. The zero-order chi connectivity index (χ0) is 13.2. The molecule has 0 N–H and O–H groups in total. The smallest absolute Gasteiger partial charge is 0.261 e. The number of halogens is 2. The molecule has 1 aliphatic heterocycles. The standard InChI is InChI=1S/C11H12BrClO4S/c12-10-6-9(18(13,14)15)3-4-11(10)17-7-8-2-1-5-16-8/h3-4,6,8H,1-2,5,7H2. The van der Waals surface area contributed by atoms with E-state index in [1.807, 2.05) is 0 Å². The molecule has 1 aliphatic rings. The summed E-state index contributed by atoms with van der Waals surface area (Å²) in [6, 6.07) is 4.42.